The largest absolute Gasteiger partial charge is 0.464 e. The van der Waals surface area contributed by atoms with E-state index in [2.05, 4.69) is 63.4 Å². The van der Waals surface area contributed by atoms with Crippen molar-refractivity contribution in [2.45, 2.75) is 18.7 Å². The van der Waals surface area contributed by atoms with Crippen LogP contribution in [-0.2, 0) is 0 Å². The molecule has 162 valence electrons. The minimum Gasteiger partial charge on any atom is -0.464 e. The van der Waals surface area contributed by atoms with Crippen molar-refractivity contribution in [2.24, 2.45) is 5.10 Å². The lowest BCUT2D eigenvalue weighted by Crippen LogP contribution is -2.33. The molecule has 2 heterocycles. The topological polar surface area (TPSA) is 34.1 Å². The molecule has 0 saturated carbocycles. The van der Waals surface area contributed by atoms with Gasteiger partial charge in [-0.2, -0.15) is 5.10 Å². The van der Waals surface area contributed by atoms with Gasteiger partial charge in [-0.15, -0.1) is 0 Å². The molecular formula is C28H21BrN2O2. The van der Waals surface area contributed by atoms with E-state index in [9.17, 15) is 0 Å². The summed E-state index contributed by atoms with van der Waals surface area (Å²) < 4.78 is 13.6. The van der Waals surface area contributed by atoms with E-state index in [1.807, 2.05) is 60.7 Å². The lowest BCUT2D eigenvalue weighted by molar-refractivity contribution is -0.0191. The van der Waals surface area contributed by atoms with Gasteiger partial charge < -0.3 is 9.47 Å². The van der Waals surface area contributed by atoms with Crippen LogP contribution in [0.1, 0.15) is 35.4 Å². The quantitative estimate of drug-likeness (QED) is 0.293. The molecule has 4 aromatic rings. The number of benzene rings is 4. The summed E-state index contributed by atoms with van der Waals surface area (Å²) in [5, 5.41) is 7.15. The Balaban J connectivity index is 1.37. The third kappa shape index (κ3) is 3.89. The lowest BCUT2D eigenvalue weighted by atomic mass is 9.96. The van der Waals surface area contributed by atoms with Crippen molar-refractivity contribution >= 4 is 21.6 Å². The van der Waals surface area contributed by atoms with Gasteiger partial charge in [0.25, 0.3) is 0 Å². The first-order valence-corrected chi connectivity index (χ1v) is 11.7. The van der Waals surface area contributed by atoms with Gasteiger partial charge in [0.2, 0.25) is 6.23 Å². The van der Waals surface area contributed by atoms with Gasteiger partial charge in [0.1, 0.15) is 17.2 Å². The van der Waals surface area contributed by atoms with Crippen LogP contribution in [0.3, 0.4) is 0 Å². The molecule has 0 bridgehead atoms. The highest BCUT2D eigenvalue weighted by atomic mass is 79.9. The number of hydrogen-bond acceptors (Lipinski definition) is 4. The minimum atomic E-state index is -0.336. The zero-order valence-electron chi connectivity index (χ0n) is 17.8. The average Bonchev–Trinajstić information content (AvgIpc) is 3.31. The first kappa shape index (κ1) is 20.1. The number of halogens is 1. The normalized spacial score (nSPS) is 18.7. The number of nitrogens with zero attached hydrogens (tertiary/aromatic N) is 2. The maximum Gasteiger partial charge on any atom is 0.214 e. The molecule has 0 unspecified atom stereocenters. The van der Waals surface area contributed by atoms with E-state index in [0.29, 0.717) is 0 Å². The van der Waals surface area contributed by atoms with Crippen LogP contribution >= 0.6 is 15.9 Å². The maximum atomic E-state index is 6.50. The molecule has 0 fully saturated rings. The van der Waals surface area contributed by atoms with E-state index in [0.717, 1.165) is 45.0 Å². The molecule has 33 heavy (non-hydrogen) atoms. The molecule has 0 spiro atoms. The van der Waals surface area contributed by atoms with Crippen LogP contribution in [0, 0.1) is 0 Å². The Hall–Kier alpha value is -3.57. The van der Waals surface area contributed by atoms with Gasteiger partial charge in [0.15, 0.2) is 0 Å². The summed E-state index contributed by atoms with van der Waals surface area (Å²) in [6, 6.07) is 34.6. The number of hydrazone groups is 1. The molecule has 4 nitrogen and oxygen atoms in total. The third-order valence-corrected chi connectivity index (χ3v) is 6.53. The van der Waals surface area contributed by atoms with Crippen molar-refractivity contribution in [2.75, 3.05) is 0 Å². The van der Waals surface area contributed by atoms with Crippen molar-refractivity contribution in [3.05, 3.63) is 124 Å². The van der Waals surface area contributed by atoms with Crippen LogP contribution in [0.4, 0.5) is 0 Å². The second-order valence-electron chi connectivity index (χ2n) is 8.15. The predicted octanol–water partition coefficient (Wildman–Crippen LogP) is 7.48. The highest BCUT2D eigenvalue weighted by Crippen LogP contribution is 2.47. The van der Waals surface area contributed by atoms with Crippen LogP contribution in [0.2, 0.25) is 0 Å². The predicted molar refractivity (Wildman–Crippen MR) is 133 cm³/mol. The molecule has 5 heteroatoms. The maximum absolute atomic E-state index is 6.50. The lowest BCUT2D eigenvalue weighted by Gasteiger charge is -2.38. The summed E-state index contributed by atoms with van der Waals surface area (Å²) in [5.41, 5.74) is 4.37. The highest BCUT2D eigenvalue weighted by Gasteiger charge is 2.40. The Bertz CT molecular complexity index is 1320. The summed E-state index contributed by atoms with van der Waals surface area (Å²) in [6.07, 6.45) is 0.496. The molecule has 2 aliphatic heterocycles. The van der Waals surface area contributed by atoms with Gasteiger partial charge in [-0.25, -0.2) is 5.01 Å². The Morgan fingerprint density at radius 3 is 2.42 bits per heavy atom. The molecule has 0 aliphatic carbocycles. The molecule has 6 rings (SSSR count). The Labute approximate surface area is 201 Å². The Morgan fingerprint density at radius 1 is 0.818 bits per heavy atom. The Morgan fingerprint density at radius 2 is 1.58 bits per heavy atom. The first-order chi connectivity index (χ1) is 16.2. The molecule has 2 atom stereocenters. The van der Waals surface area contributed by atoms with Gasteiger partial charge in [0, 0.05) is 22.0 Å². The Kier molecular flexibility index (Phi) is 5.11. The molecular weight excluding hydrogens is 476 g/mol. The summed E-state index contributed by atoms with van der Waals surface area (Å²) in [5.74, 6) is 2.48. The molecule has 4 aromatic carbocycles. The molecule has 0 radical (unpaired) electrons. The SMILES string of the molecule is Brc1ccc(C2=NN3[C@H](C2)c2ccccc2O[C@H]3c2cccc(Oc3ccccc3)c2)cc1. The van der Waals surface area contributed by atoms with Crippen LogP contribution < -0.4 is 9.47 Å². The monoisotopic (exact) mass is 496 g/mol. The third-order valence-electron chi connectivity index (χ3n) is 6.00. The van der Waals surface area contributed by atoms with Gasteiger partial charge in [0.05, 0.1) is 11.8 Å². The molecule has 0 aromatic heterocycles. The fourth-order valence-electron chi connectivity index (χ4n) is 4.43. The van der Waals surface area contributed by atoms with E-state index in [1.54, 1.807) is 0 Å². The number of para-hydroxylation sites is 2. The van der Waals surface area contributed by atoms with Crippen molar-refractivity contribution in [3.63, 3.8) is 0 Å². The number of ether oxygens (including phenoxy) is 2. The van der Waals surface area contributed by atoms with Crippen LogP contribution in [-0.4, -0.2) is 10.7 Å². The summed E-state index contributed by atoms with van der Waals surface area (Å²) >= 11 is 3.52. The zero-order valence-corrected chi connectivity index (χ0v) is 19.4. The van der Waals surface area contributed by atoms with Crippen LogP contribution in [0.5, 0.6) is 17.2 Å². The van der Waals surface area contributed by atoms with Crippen LogP contribution in [0.25, 0.3) is 0 Å². The first-order valence-electron chi connectivity index (χ1n) is 10.9. The summed E-state index contributed by atoms with van der Waals surface area (Å²) in [6.45, 7) is 0. The highest BCUT2D eigenvalue weighted by molar-refractivity contribution is 9.10. The van der Waals surface area contributed by atoms with Crippen molar-refractivity contribution in [3.8, 4) is 17.2 Å². The van der Waals surface area contributed by atoms with Gasteiger partial charge >= 0.3 is 0 Å². The van der Waals surface area contributed by atoms with Crippen molar-refractivity contribution in [1.82, 2.24) is 5.01 Å². The molecule has 2 aliphatic rings. The number of hydrogen-bond donors (Lipinski definition) is 0. The van der Waals surface area contributed by atoms with E-state index in [1.165, 1.54) is 5.56 Å². The number of fused-ring (bicyclic) bond motifs is 3. The van der Waals surface area contributed by atoms with Gasteiger partial charge in [-0.05, 0) is 48.0 Å². The summed E-state index contributed by atoms with van der Waals surface area (Å²) in [7, 11) is 0. The van der Waals surface area contributed by atoms with Crippen molar-refractivity contribution in [1.29, 1.82) is 0 Å². The smallest absolute Gasteiger partial charge is 0.214 e. The van der Waals surface area contributed by atoms with E-state index in [-0.39, 0.29) is 12.3 Å². The fourth-order valence-corrected chi connectivity index (χ4v) is 4.69. The summed E-state index contributed by atoms with van der Waals surface area (Å²) in [4.78, 5) is 0. The second kappa shape index (κ2) is 8.41. The second-order valence-corrected chi connectivity index (χ2v) is 9.06. The molecule has 0 amide bonds. The van der Waals surface area contributed by atoms with Crippen LogP contribution in [0.15, 0.2) is 113 Å². The van der Waals surface area contributed by atoms with E-state index in [4.69, 9.17) is 14.6 Å². The van der Waals surface area contributed by atoms with Crippen molar-refractivity contribution < 1.29 is 9.47 Å². The molecule has 0 N–H and O–H groups in total. The fraction of sp³-hybridized carbons (Fsp3) is 0.107. The van der Waals surface area contributed by atoms with Gasteiger partial charge in [-0.1, -0.05) is 76.6 Å². The van der Waals surface area contributed by atoms with Gasteiger partial charge in [-0.3, -0.25) is 0 Å². The molecule has 0 saturated heterocycles. The van der Waals surface area contributed by atoms with E-state index >= 15 is 0 Å². The average molecular weight is 497 g/mol. The standard InChI is InChI=1S/C28H21BrN2O2/c29-21-15-13-19(14-16-21)25-18-26-24-11-4-5-12-27(24)33-28(31(26)30-25)20-7-6-10-23(17-20)32-22-8-2-1-3-9-22/h1-17,26,28H,18H2/t26-,28+/m1/s1. The zero-order chi connectivity index (χ0) is 22.2. The minimum absolute atomic E-state index is 0.122. The van der Waals surface area contributed by atoms with E-state index < -0.39 is 0 Å². The number of rotatable bonds is 4.